The highest BCUT2D eigenvalue weighted by molar-refractivity contribution is 6.15. The molecule has 0 radical (unpaired) electrons. The van der Waals surface area contributed by atoms with Crippen LogP contribution in [0.3, 0.4) is 0 Å². The zero-order valence-electron chi connectivity index (χ0n) is 46.0. The van der Waals surface area contributed by atoms with Crippen molar-refractivity contribution in [3.63, 3.8) is 0 Å². The van der Waals surface area contributed by atoms with Crippen LogP contribution in [0.4, 0.5) is 34.1 Å². The van der Waals surface area contributed by atoms with Crippen LogP contribution in [-0.2, 0) is 0 Å². The summed E-state index contributed by atoms with van der Waals surface area (Å²) in [5.41, 5.74) is 20.3. The molecule has 0 saturated heterocycles. The van der Waals surface area contributed by atoms with Crippen LogP contribution in [-0.4, -0.2) is 9.13 Å². The first-order valence-electron chi connectivity index (χ1n) is 28.8. The van der Waals surface area contributed by atoms with Crippen molar-refractivity contribution < 1.29 is 0 Å². The summed E-state index contributed by atoms with van der Waals surface area (Å²) in [7, 11) is 0. The van der Waals surface area contributed by atoms with Crippen LogP contribution >= 0.6 is 0 Å². The van der Waals surface area contributed by atoms with Gasteiger partial charge in [-0.3, -0.25) is 0 Å². The maximum atomic E-state index is 2.48. The van der Waals surface area contributed by atoms with Crippen LogP contribution in [0.25, 0.3) is 110 Å². The fraction of sp³-hybridized carbons (Fsp3) is 0. The third kappa shape index (κ3) is 8.14. The number of hydrogen-bond donors (Lipinski definition) is 0. The molecule has 0 spiro atoms. The number of anilines is 6. The molecule has 4 nitrogen and oxygen atoms in total. The molecule has 0 bridgehead atoms. The van der Waals surface area contributed by atoms with Crippen LogP contribution in [0.1, 0.15) is 0 Å². The molecule has 0 fully saturated rings. The molecule has 2 heterocycles. The lowest BCUT2D eigenvalue weighted by atomic mass is 9.83. The topological polar surface area (TPSA) is 16.3 Å². The fourth-order valence-electron chi connectivity index (χ4n) is 13.2. The Kier molecular flexibility index (Phi) is 11.8. The van der Waals surface area contributed by atoms with Crippen molar-refractivity contribution >= 4 is 99.3 Å². The quantitative estimate of drug-likeness (QED) is 0.128. The van der Waals surface area contributed by atoms with Crippen LogP contribution in [0.15, 0.2) is 328 Å². The minimum atomic E-state index is 1.06. The average molecular weight is 1070 g/mol. The lowest BCUT2D eigenvalue weighted by Gasteiger charge is -2.31. The van der Waals surface area contributed by atoms with Crippen molar-refractivity contribution in [3.8, 4) is 44.8 Å². The van der Waals surface area contributed by atoms with Crippen LogP contribution in [0.5, 0.6) is 0 Å². The highest BCUT2D eigenvalue weighted by atomic mass is 15.2. The van der Waals surface area contributed by atoms with E-state index in [4.69, 9.17) is 0 Å². The molecular weight excluding hydrogens is 1020 g/mol. The van der Waals surface area contributed by atoms with E-state index in [2.05, 4.69) is 347 Å². The van der Waals surface area contributed by atoms with Gasteiger partial charge in [-0.1, -0.05) is 212 Å². The minimum Gasteiger partial charge on any atom is -0.310 e. The summed E-state index contributed by atoms with van der Waals surface area (Å²) in [6, 6.07) is 120. The third-order valence-electron chi connectivity index (χ3n) is 16.9. The van der Waals surface area contributed by atoms with Gasteiger partial charge in [0.1, 0.15) is 0 Å². The SMILES string of the molecule is c1ccc(N(c2ccc(-c3ccc(N(c4ccccc4)c4ccc5c(c4)c4ccccc4n5-c4ccccc4)c(-c4cccc5ccccc45)c3-c3cccc4ccccc34)cc2)c2ccc3c(c2)c2ccccc2n3-c2ccccc2)cc1. The molecule has 16 rings (SSSR count). The first-order chi connectivity index (χ1) is 41.7. The van der Waals surface area contributed by atoms with Crippen molar-refractivity contribution in [2.45, 2.75) is 0 Å². The molecule has 14 aromatic carbocycles. The molecule has 0 aliphatic rings. The van der Waals surface area contributed by atoms with E-state index < -0.39 is 0 Å². The van der Waals surface area contributed by atoms with Crippen molar-refractivity contribution in [2.75, 3.05) is 9.80 Å². The van der Waals surface area contributed by atoms with E-state index >= 15 is 0 Å². The van der Waals surface area contributed by atoms with Crippen LogP contribution in [0, 0.1) is 0 Å². The molecule has 0 atom stereocenters. The molecule has 0 unspecified atom stereocenters. The second kappa shape index (κ2) is 20.4. The average Bonchev–Trinajstić information content (AvgIpc) is 1.65. The Morgan fingerprint density at radius 1 is 0.214 bits per heavy atom. The molecule has 2 aromatic heterocycles. The predicted octanol–water partition coefficient (Wildman–Crippen LogP) is 22.1. The van der Waals surface area contributed by atoms with E-state index in [9.17, 15) is 0 Å². The van der Waals surface area contributed by atoms with Gasteiger partial charge in [-0.25, -0.2) is 0 Å². The summed E-state index contributed by atoms with van der Waals surface area (Å²) in [6.45, 7) is 0. The number of nitrogens with zero attached hydrogens (tertiary/aromatic N) is 4. The van der Waals surface area contributed by atoms with Gasteiger partial charge in [0, 0.05) is 72.5 Å². The molecular formula is C80H54N4. The highest BCUT2D eigenvalue weighted by Gasteiger charge is 2.27. The number of rotatable bonds is 11. The molecule has 0 amide bonds. The summed E-state index contributed by atoms with van der Waals surface area (Å²) in [5, 5.41) is 9.57. The van der Waals surface area contributed by atoms with Gasteiger partial charge in [0.15, 0.2) is 0 Å². The second-order valence-corrected chi connectivity index (χ2v) is 21.6. The highest BCUT2D eigenvalue weighted by Crippen LogP contribution is 2.53. The molecule has 0 saturated carbocycles. The summed E-state index contributed by atoms with van der Waals surface area (Å²) >= 11 is 0. The molecule has 0 aliphatic heterocycles. The summed E-state index contributed by atoms with van der Waals surface area (Å²) in [4.78, 5) is 4.87. The number of para-hydroxylation sites is 6. The Morgan fingerprint density at radius 3 is 1.12 bits per heavy atom. The third-order valence-corrected chi connectivity index (χ3v) is 16.9. The van der Waals surface area contributed by atoms with Crippen molar-refractivity contribution in [1.82, 2.24) is 9.13 Å². The number of aromatic nitrogens is 2. The minimum absolute atomic E-state index is 1.06. The van der Waals surface area contributed by atoms with Gasteiger partial charge in [-0.15, -0.1) is 0 Å². The van der Waals surface area contributed by atoms with Gasteiger partial charge >= 0.3 is 0 Å². The van der Waals surface area contributed by atoms with E-state index in [1.807, 2.05) is 0 Å². The number of benzene rings is 14. The summed E-state index contributed by atoms with van der Waals surface area (Å²) in [6.07, 6.45) is 0. The number of fused-ring (bicyclic) bond motifs is 8. The number of hydrogen-bond acceptors (Lipinski definition) is 2. The van der Waals surface area contributed by atoms with Gasteiger partial charge in [0.2, 0.25) is 0 Å². The Morgan fingerprint density at radius 2 is 0.595 bits per heavy atom. The second-order valence-electron chi connectivity index (χ2n) is 21.6. The molecule has 4 heteroatoms. The van der Waals surface area contributed by atoms with Gasteiger partial charge < -0.3 is 18.9 Å². The Balaban J connectivity index is 0.935. The molecule has 0 N–H and O–H groups in total. The Bertz CT molecular complexity index is 5110. The van der Waals surface area contributed by atoms with Crippen LogP contribution < -0.4 is 9.80 Å². The Labute approximate surface area is 487 Å². The monoisotopic (exact) mass is 1070 g/mol. The van der Waals surface area contributed by atoms with Gasteiger partial charge in [-0.05, 0) is 159 Å². The van der Waals surface area contributed by atoms with Crippen LogP contribution in [0.2, 0.25) is 0 Å². The maximum absolute atomic E-state index is 2.48. The van der Waals surface area contributed by atoms with Gasteiger partial charge in [-0.2, -0.15) is 0 Å². The van der Waals surface area contributed by atoms with E-state index in [-0.39, 0.29) is 0 Å². The molecule has 394 valence electrons. The molecule has 0 aliphatic carbocycles. The smallest absolute Gasteiger partial charge is 0.0546 e. The van der Waals surface area contributed by atoms with E-state index in [0.29, 0.717) is 0 Å². The maximum Gasteiger partial charge on any atom is 0.0546 e. The largest absolute Gasteiger partial charge is 0.310 e. The first kappa shape index (κ1) is 48.7. The van der Waals surface area contributed by atoms with Crippen molar-refractivity contribution in [1.29, 1.82) is 0 Å². The first-order valence-corrected chi connectivity index (χ1v) is 28.8. The van der Waals surface area contributed by atoms with Gasteiger partial charge in [0.05, 0.1) is 27.8 Å². The normalized spacial score (nSPS) is 11.6. The summed E-state index contributed by atoms with van der Waals surface area (Å²) in [5.74, 6) is 0. The lowest BCUT2D eigenvalue weighted by molar-refractivity contribution is 1.18. The fourth-order valence-corrected chi connectivity index (χ4v) is 13.2. The standard InChI is InChI=1S/C80H54N4/c1-5-27-58(28-6-1)81(63-47-50-76-72(53-63)68-37-17-19-41-74(68)83(76)60-31-9-3-10-32-60)62-45-43-57(44-46-62)67-49-52-78(80(71-40-22-26-56-24-14-16-36-66(56)71)79(67)70-39-21-25-55-23-13-15-35-65(55)70)82(59-29-7-2-8-30-59)64-48-51-77-73(54-64)69-38-18-20-42-75(69)84(77)61-33-11-4-12-34-61/h1-54H. The Hall–Kier alpha value is -11.2. The lowest BCUT2D eigenvalue weighted by Crippen LogP contribution is -2.12. The molecule has 16 aromatic rings. The zero-order chi connectivity index (χ0) is 55.5. The van der Waals surface area contributed by atoms with E-state index in [1.54, 1.807) is 0 Å². The van der Waals surface area contributed by atoms with E-state index in [1.165, 1.54) is 65.2 Å². The zero-order valence-corrected chi connectivity index (χ0v) is 46.0. The molecule has 84 heavy (non-hydrogen) atoms. The van der Waals surface area contributed by atoms with Crippen molar-refractivity contribution in [3.05, 3.63) is 328 Å². The van der Waals surface area contributed by atoms with Gasteiger partial charge in [0.25, 0.3) is 0 Å². The van der Waals surface area contributed by atoms with Crippen molar-refractivity contribution in [2.24, 2.45) is 0 Å². The predicted molar refractivity (Wildman–Crippen MR) is 356 cm³/mol. The summed E-state index contributed by atoms with van der Waals surface area (Å²) < 4.78 is 4.77. The van der Waals surface area contributed by atoms with E-state index in [0.717, 1.165) is 78.8 Å².